The lowest BCUT2D eigenvalue weighted by Gasteiger charge is -2.20. The number of hydrogen-bond donors (Lipinski definition) is 1. The second-order valence-electron chi connectivity index (χ2n) is 5.88. The fourth-order valence-corrected chi connectivity index (χ4v) is 2.94. The van der Waals surface area contributed by atoms with Gasteiger partial charge in [0.05, 0.1) is 10.6 Å². The number of halogens is 1. The Balaban J connectivity index is 1.64. The summed E-state index contributed by atoms with van der Waals surface area (Å²) in [6.07, 6.45) is 2.31. The highest BCUT2D eigenvalue weighted by molar-refractivity contribution is 6.32. The van der Waals surface area contributed by atoms with Gasteiger partial charge in [-0.1, -0.05) is 11.6 Å². The van der Waals surface area contributed by atoms with Crippen molar-refractivity contribution in [3.8, 4) is 11.5 Å². The second kappa shape index (κ2) is 7.61. The Morgan fingerprint density at radius 1 is 1.32 bits per heavy atom. The molecule has 0 atom stereocenters. The topological polar surface area (TPSA) is 63.7 Å². The first-order valence-corrected chi connectivity index (χ1v) is 8.42. The van der Waals surface area contributed by atoms with Gasteiger partial charge in [-0.05, 0) is 36.2 Å². The van der Waals surface area contributed by atoms with Crippen LogP contribution in [0.25, 0.3) is 0 Å². The molecule has 0 saturated heterocycles. The van der Waals surface area contributed by atoms with Crippen LogP contribution in [0.3, 0.4) is 0 Å². The molecule has 0 unspecified atom stereocenters. The fourth-order valence-electron chi connectivity index (χ4n) is 2.65. The highest BCUT2D eigenvalue weighted by Gasteiger charge is 2.17. The Morgan fingerprint density at radius 3 is 2.92 bits per heavy atom. The van der Waals surface area contributed by atoms with Gasteiger partial charge in [-0.3, -0.25) is 4.79 Å². The molecule has 6 nitrogen and oxygen atoms in total. The Bertz CT molecular complexity index is 780. The number of rotatable bonds is 5. The number of amides is 1. The third kappa shape index (κ3) is 3.96. The number of nitrogens with one attached hydrogen (secondary N) is 1. The summed E-state index contributed by atoms with van der Waals surface area (Å²) in [6.45, 7) is 1.50. The molecular weight excluding hydrogens is 342 g/mol. The van der Waals surface area contributed by atoms with Gasteiger partial charge in [0.25, 0.3) is 5.91 Å². The number of carbonyl (C=O) groups is 1. The molecule has 3 rings (SSSR count). The minimum atomic E-state index is -0.152. The number of benzene rings is 1. The third-order valence-corrected chi connectivity index (χ3v) is 4.09. The van der Waals surface area contributed by atoms with Crippen LogP contribution < -0.4 is 19.7 Å². The van der Waals surface area contributed by atoms with E-state index in [1.807, 2.05) is 31.1 Å². The van der Waals surface area contributed by atoms with Crippen LogP contribution in [0.4, 0.5) is 5.82 Å². The second-order valence-corrected chi connectivity index (χ2v) is 6.28. The lowest BCUT2D eigenvalue weighted by atomic mass is 10.1. The first-order chi connectivity index (χ1) is 12.1. The highest BCUT2D eigenvalue weighted by Crippen LogP contribution is 2.38. The Hall–Kier alpha value is -2.47. The van der Waals surface area contributed by atoms with Crippen LogP contribution in [0.5, 0.6) is 11.5 Å². The normalized spacial score (nSPS) is 12.6. The zero-order valence-corrected chi connectivity index (χ0v) is 15.0. The van der Waals surface area contributed by atoms with E-state index in [4.69, 9.17) is 21.1 Å². The minimum absolute atomic E-state index is 0.152. The van der Waals surface area contributed by atoms with Crippen molar-refractivity contribution in [2.75, 3.05) is 38.8 Å². The molecular formula is C18H20ClN3O3. The van der Waals surface area contributed by atoms with Crippen LogP contribution in [0, 0.1) is 0 Å². The Labute approximate surface area is 151 Å². The molecule has 1 aliphatic rings. The van der Waals surface area contributed by atoms with Crippen molar-refractivity contribution in [2.45, 2.75) is 6.42 Å². The number of carbonyl (C=O) groups excluding carboxylic acids is 1. The molecule has 7 heteroatoms. The summed E-state index contributed by atoms with van der Waals surface area (Å²) < 4.78 is 11.1. The zero-order chi connectivity index (χ0) is 17.8. The lowest BCUT2D eigenvalue weighted by Crippen LogP contribution is -2.28. The molecule has 0 saturated carbocycles. The van der Waals surface area contributed by atoms with Crippen molar-refractivity contribution in [1.29, 1.82) is 0 Å². The number of nitrogens with zero attached hydrogens (tertiary/aromatic N) is 2. The van der Waals surface area contributed by atoms with Gasteiger partial charge in [0, 0.05) is 26.8 Å². The quantitative estimate of drug-likeness (QED) is 0.886. The molecule has 1 aromatic carbocycles. The van der Waals surface area contributed by atoms with Crippen molar-refractivity contribution in [2.24, 2.45) is 0 Å². The Kier molecular flexibility index (Phi) is 5.28. The van der Waals surface area contributed by atoms with Crippen molar-refractivity contribution in [3.63, 3.8) is 0 Å². The fraction of sp³-hybridized carbons (Fsp3) is 0.333. The van der Waals surface area contributed by atoms with Crippen LogP contribution in [0.1, 0.15) is 15.9 Å². The first kappa shape index (κ1) is 17.4. The predicted molar refractivity (Wildman–Crippen MR) is 97.0 cm³/mol. The number of ether oxygens (including phenoxy) is 2. The van der Waals surface area contributed by atoms with Gasteiger partial charge in [-0.25, -0.2) is 4.98 Å². The molecule has 1 aromatic heterocycles. The Morgan fingerprint density at radius 2 is 2.12 bits per heavy atom. The van der Waals surface area contributed by atoms with E-state index in [2.05, 4.69) is 10.3 Å². The number of hydrogen-bond acceptors (Lipinski definition) is 5. The largest absolute Gasteiger partial charge is 0.486 e. The molecule has 25 heavy (non-hydrogen) atoms. The molecule has 2 heterocycles. The summed E-state index contributed by atoms with van der Waals surface area (Å²) >= 11 is 6.23. The SMILES string of the molecule is CN(C)c1ncccc1C(=O)NCCc1cc(Cl)c2c(c1)OCCO2. The van der Waals surface area contributed by atoms with Gasteiger partial charge in [0.15, 0.2) is 11.5 Å². The maximum absolute atomic E-state index is 12.4. The minimum Gasteiger partial charge on any atom is -0.486 e. The molecule has 0 aliphatic carbocycles. The maximum atomic E-state index is 12.4. The van der Waals surface area contributed by atoms with Crippen molar-refractivity contribution in [3.05, 3.63) is 46.6 Å². The lowest BCUT2D eigenvalue weighted by molar-refractivity contribution is 0.0954. The molecule has 0 radical (unpaired) electrons. The number of anilines is 1. The van der Waals surface area contributed by atoms with E-state index in [0.29, 0.717) is 54.1 Å². The maximum Gasteiger partial charge on any atom is 0.255 e. The molecule has 1 aliphatic heterocycles. The number of aromatic nitrogens is 1. The molecule has 1 amide bonds. The van der Waals surface area contributed by atoms with Gasteiger partial charge in [-0.2, -0.15) is 0 Å². The smallest absolute Gasteiger partial charge is 0.255 e. The molecule has 1 N–H and O–H groups in total. The first-order valence-electron chi connectivity index (χ1n) is 8.05. The van der Waals surface area contributed by atoms with E-state index in [0.717, 1.165) is 5.56 Å². The van der Waals surface area contributed by atoms with Gasteiger partial charge >= 0.3 is 0 Å². The van der Waals surface area contributed by atoms with E-state index in [1.165, 1.54) is 0 Å². The summed E-state index contributed by atoms with van der Waals surface area (Å²) in [7, 11) is 3.71. The molecule has 132 valence electrons. The van der Waals surface area contributed by atoms with E-state index in [-0.39, 0.29) is 5.91 Å². The molecule has 2 aromatic rings. The van der Waals surface area contributed by atoms with E-state index in [9.17, 15) is 4.79 Å². The summed E-state index contributed by atoms with van der Waals surface area (Å²) in [6, 6.07) is 7.26. The molecule has 0 bridgehead atoms. The third-order valence-electron chi connectivity index (χ3n) is 3.81. The van der Waals surface area contributed by atoms with Gasteiger partial charge in [0.1, 0.15) is 19.0 Å². The predicted octanol–water partition coefficient (Wildman–Crippen LogP) is 2.54. The van der Waals surface area contributed by atoms with Crippen LogP contribution in [0.2, 0.25) is 5.02 Å². The van der Waals surface area contributed by atoms with Crippen molar-refractivity contribution in [1.82, 2.24) is 10.3 Å². The summed E-state index contributed by atoms with van der Waals surface area (Å²) in [5.41, 5.74) is 1.53. The van der Waals surface area contributed by atoms with Crippen molar-refractivity contribution >= 4 is 23.3 Å². The van der Waals surface area contributed by atoms with Gasteiger partial charge in [-0.15, -0.1) is 0 Å². The van der Waals surface area contributed by atoms with Crippen LogP contribution in [0.15, 0.2) is 30.5 Å². The molecule has 0 fully saturated rings. The van der Waals surface area contributed by atoms with E-state index >= 15 is 0 Å². The van der Waals surface area contributed by atoms with Gasteiger partial charge < -0.3 is 19.7 Å². The number of pyridine rings is 1. The monoisotopic (exact) mass is 361 g/mol. The number of fused-ring (bicyclic) bond motifs is 1. The summed E-state index contributed by atoms with van der Waals surface area (Å²) in [5, 5.41) is 3.45. The molecule has 0 spiro atoms. The standard InChI is InChI=1S/C18H20ClN3O3/c1-22(2)17-13(4-3-6-20-17)18(23)21-7-5-12-10-14(19)16-15(11-12)24-8-9-25-16/h3-4,6,10-11H,5,7-9H2,1-2H3,(H,21,23). The highest BCUT2D eigenvalue weighted by atomic mass is 35.5. The average molecular weight is 362 g/mol. The van der Waals surface area contributed by atoms with Crippen LogP contribution in [-0.4, -0.2) is 44.7 Å². The van der Waals surface area contributed by atoms with E-state index < -0.39 is 0 Å². The van der Waals surface area contributed by atoms with Crippen LogP contribution >= 0.6 is 11.6 Å². The zero-order valence-electron chi connectivity index (χ0n) is 14.2. The van der Waals surface area contributed by atoms with E-state index in [1.54, 1.807) is 18.3 Å². The van der Waals surface area contributed by atoms with Gasteiger partial charge in [0.2, 0.25) is 0 Å². The summed E-state index contributed by atoms with van der Waals surface area (Å²) in [4.78, 5) is 18.5. The summed E-state index contributed by atoms with van der Waals surface area (Å²) in [5.74, 6) is 1.73. The van der Waals surface area contributed by atoms with Crippen LogP contribution in [-0.2, 0) is 6.42 Å². The average Bonchev–Trinajstić information content (AvgIpc) is 2.61. The van der Waals surface area contributed by atoms with Crippen molar-refractivity contribution < 1.29 is 14.3 Å².